The maximum Gasteiger partial charge on any atom is 0.409 e. The van der Waals surface area contributed by atoms with Crippen molar-refractivity contribution in [2.24, 2.45) is 0 Å². The largest absolute Gasteiger partial charge is 0.450 e. The number of nitrogens with one attached hydrogen (secondary N) is 1. The lowest BCUT2D eigenvalue weighted by Crippen LogP contribution is -2.56. The van der Waals surface area contributed by atoms with E-state index in [1.54, 1.807) is 75.6 Å². The van der Waals surface area contributed by atoms with E-state index in [0.29, 0.717) is 31.5 Å². The van der Waals surface area contributed by atoms with Crippen LogP contribution < -0.4 is 10.6 Å². The summed E-state index contributed by atoms with van der Waals surface area (Å²) in [7, 11) is -3.44. The highest BCUT2D eigenvalue weighted by molar-refractivity contribution is 7.62. The Morgan fingerprint density at radius 2 is 1.46 bits per heavy atom. The van der Waals surface area contributed by atoms with Crippen molar-refractivity contribution in [3.8, 4) is 0 Å². The maximum absolute atomic E-state index is 13.4. The van der Waals surface area contributed by atoms with Crippen molar-refractivity contribution >= 4 is 31.0 Å². The third-order valence-corrected chi connectivity index (χ3v) is 7.52. The van der Waals surface area contributed by atoms with Gasteiger partial charge in [0.05, 0.1) is 25.1 Å². The molecule has 1 N–H and O–H groups in total. The van der Waals surface area contributed by atoms with Gasteiger partial charge in [0, 0.05) is 32.6 Å². The van der Waals surface area contributed by atoms with E-state index in [-0.39, 0.29) is 32.1 Å². The van der Waals surface area contributed by atoms with Crippen LogP contribution in [-0.4, -0.2) is 85.5 Å². The molecule has 11 nitrogen and oxygen atoms in total. The Labute approximate surface area is 219 Å². The van der Waals surface area contributed by atoms with Crippen molar-refractivity contribution in [1.82, 2.24) is 15.1 Å². The van der Waals surface area contributed by atoms with Gasteiger partial charge in [-0.15, -0.1) is 0 Å². The number of benzene rings is 1. The maximum atomic E-state index is 13.4. The van der Waals surface area contributed by atoms with Gasteiger partial charge in [0.2, 0.25) is 5.91 Å². The van der Waals surface area contributed by atoms with Crippen LogP contribution in [0.1, 0.15) is 47.1 Å². The topological polar surface area (TPSA) is 124 Å². The summed E-state index contributed by atoms with van der Waals surface area (Å²) in [6.07, 6.45) is -0.927. The number of rotatable bonds is 10. The minimum absolute atomic E-state index is 0.185. The molecule has 1 aromatic rings. The van der Waals surface area contributed by atoms with Crippen LogP contribution in [0, 0.1) is 0 Å². The smallest absolute Gasteiger partial charge is 0.409 e. The van der Waals surface area contributed by atoms with Crippen molar-refractivity contribution in [1.29, 1.82) is 0 Å². The summed E-state index contributed by atoms with van der Waals surface area (Å²) in [5.41, 5.74) is 0.00693. The third-order valence-electron chi connectivity index (χ3n) is 5.40. The monoisotopic (exact) mass is 541 g/mol. The lowest BCUT2D eigenvalue weighted by Gasteiger charge is -2.36. The van der Waals surface area contributed by atoms with Gasteiger partial charge in [0.15, 0.2) is 0 Å². The predicted octanol–water partition coefficient (Wildman–Crippen LogP) is 3.31. The molecule has 0 saturated carbocycles. The highest BCUT2D eigenvalue weighted by atomic mass is 31.2. The fourth-order valence-corrected chi connectivity index (χ4v) is 5.34. The molecule has 2 rings (SSSR count). The first-order valence-corrected chi connectivity index (χ1v) is 14.1. The quantitative estimate of drug-likeness (QED) is 0.448. The molecule has 37 heavy (non-hydrogen) atoms. The second kappa shape index (κ2) is 13.8. The third kappa shape index (κ3) is 9.32. The van der Waals surface area contributed by atoms with Crippen LogP contribution in [-0.2, 0) is 34.3 Å². The molecule has 1 aliphatic heterocycles. The minimum Gasteiger partial charge on any atom is -0.450 e. The van der Waals surface area contributed by atoms with E-state index >= 15 is 0 Å². The van der Waals surface area contributed by atoms with Crippen molar-refractivity contribution in [3.05, 3.63) is 29.8 Å². The van der Waals surface area contributed by atoms with Crippen LogP contribution in [0.4, 0.5) is 9.59 Å². The van der Waals surface area contributed by atoms with Gasteiger partial charge in [-0.3, -0.25) is 9.36 Å². The summed E-state index contributed by atoms with van der Waals surface area (Å²) in [4.78, 5) is 41.2. The summed E-state index contributed by atoms with van der Waals surface area (Å²) in [5.74, 6) is -0.284. The Morgan fingerprint density at radius 1 is 0.919 bits per heavy atom. The number of alkyl carbamates (subject to hydrolysis) is 1. The highest BCUT2D eigenvalue weighted by Gasteiger charge is 2.32. The van der Waals surface area contributed by atoms with Crippen LogP contribution >= 0.6 is 7.60 Å². The fourth-order valence-electron chi connectivity index (χ4n) is 3.77. The Kier molecular flexibility index (Phi) is 11.4. The number of amides is 3. The number of hydrogen-bond acceptors (Lipinski definition) is 8. The number of hydrogen-bond donors (Lipinski definition) is 1. The van der Waals surface area contributed by atoms with Gasteiger partial charge in [0.1, 0.15) is 11.6 Å². The number of piperazine rings is 1. The van der Waals surface area contributed by atoms with E-state index in [4.69, 9.17) is 18.5 Å². The van der Waals surface area contributed by atoms with Gasteiger partial charge in [-0.05, 0) is 59.2 Å². The molecule has 1 atom stereocenters. The fraction of sp³-hybridized carbons (Fsp3) is 0.640. The van der Waals surface area contributed by atoms with E-state index in [9.17, 15) is 18.9 Å². The standard InChI is InChI=1S/C25H40N3O8P/c1-7-33-24(31)28-16-14-27(15-17-28)22(29)21(26-23(30)36-25(4,5)6)18-19-10-12-20(13-11-19)37(32,34-8-2)35-9-3/h10-13,21H,7-9,14-18H2,1-6H3,(H,26,30). The van der Waals surface area contributed by atoms with Gasteiger partial charge >= 0.3 is 19.8 Å². The molecular formula is C25H40N3O8P. The number of carbonyl (C=O) groups excluding carboxylic acids is 3. The number of nitrogens with zero attached hydrogens (tertiary/aromatic N) is 2. The van der Waals surface area contributed by atoms with Crippen molar-refractivity contribution < 1.29 is 37.5 Å². The lowest BCUT2D eigenvalue weighted by atomic mass is 10.0. The second-order valence-electron chi connectivity index (χ2n) is 9.41. The first-order valence-electron chi connectivity index (χ1n) is 12.6. The van der Waals surface area contributed by atoms with Crippen LogP contribution in [0.5, 0.6) is 0 Å². The van der Waals surface area contributed by atoms with Gasteiger partial charge in [-0.25, -0.2) is 9.59 Å². The van der Waals surface area contributed by atoms with E-state index in [2.05, 4.69) is 5.32 Å². The zero-order valence-corrected chi connectivity index (χ0v) is 23.5. The molecule has 1 unspecified atom stereocenters. The molecule has 0 radical (unpaired) electrons. The summed E-state index contributed by atoms with van der Waals surface area (Å²) in [5, 5.41) is 3.11. The first-order chi connectivity index (χ1) is 17.4. The molecular weight excluding hydrogens is 501 g/mol. The molecule has 12 heteroatoms. The summed E-state index contributed by atoms with van der Waals surface area (Å²) in [6, 6.07) is 5.86. The van der Waals surface area contributed by atoms with E-state index in [1.165, 1.54) is 0 Å². The zero-order chi connectivity index (χ0) is 27.6. The molecule has 0 spiro atoms. The average Bonchev–Trinajstić information content (AvgIpc) is 2.83. The Morgan fingerprint density at radius 3 is 1.95 bits per heavy atom. The molecule has 0 aromatic heterocycles. The molecule has 1 aromatic carbocycles. The normalized spacial score (nSPS) is 15.2. The minimum atomic E-state index is -3.44. The average molecular weight is 542 g/mol. The van der Waals surface area contributed by atoms with E-state index in [0.717, 1.165) is 5.56 Å². The van der Waals surface area contributed by atoms with Crippen LogP contribution in [0.3, 0.4) is 0 Å². The Bertz CT molecular complexity index is 946. The van der Waals surface area contributed by atoms with E-state index < -0.39 is 31.4 Å². The molecule has 0 aliphatic carbocycles. The van der Waals surface area contributed by atoms with Gasteiger partial charge in [-0.1, -0.05) is 12.1 Å². The molecule has 208 valence electrons. The summed E-state index contributed by atoms with van der Waals surface area (Å²) >= 11 is 0. The summed E-state index contributed by atoms with van der Waals surface area (Å²) < 4.78 is 34.2. The lowest BCUT2D eigenvalue weighted by molar-refractivity contribution is -0.135. The summed E-state index contributed by atoms with van der Waals surface area (Å²) in [6.45, 7) is 12.5. The SMILES string of the molecule is CCOC(=O)N1CCN(C(=O)C(Cc2ccc(P(=O)(OCC)OCC)cc2)NC(=O)OC(C)(C)C)CC1. The van der Waals surface area contributed by atoms with Crippen LogP contribution in [0.25, 0.3) is 0 Å². The van der Waals surface area contributed by atoms with Crippen LogP contribution in [0.15, 0.2) is 24.3 Å². The molecule has 1 fully saturated rings. The molecule has 1 heterocycles. The Balaban J connectivity index is 2.18. The van der Waals surface area contributed by atoms with Gasteiger partial charge in [0.25, 0.3) is 0 Å². The van der Waals surface area contributed by atoms with Gasteiger partial charge in [-0.2, -0.15) is 0 Å². The molecule has 0 bridgehead atoms. The first kappa shape index (κ1) is 30.6. The number of ether oxygens (including phenoxy) is 2. The van der Waals surface area contributed by atoms with Crippen LogP contribution in [0.2, 0.25) is 0 Å². The number of carbonyl (C=O) groups is 3. The molecule has 1 saturated heterocycles. The molecule has 1 aliphatic rings. The molecule has 3 amide bonds. The van der Waals surface area contributed by atoms with E-state index in [1.807, 2.05) is 0 Å². The predicted molar refractivity (Wildman–Crippen MR) is 139 cm³/mol. The second-order valence-corrected chi connectivity index (χ2v) is 11.4. The van der Waals surface area contributed by atoms with Crippen molar-refractivity contribution in [2.45, 2.75) is 59.6 Å². The zero-order valence-electron chi connectivity index (χ0n) is 22.7. The van der Waals surface area contributed by atoms with Crippen molar-refractivity contribution in [2.75, 3.05) is 46.0 Å². The highest BCUT2D eigenvalue weighted by Crippen LogP contribution is 2.46. The Hall–Kier alpha value is -2.62. The van der Waals surface area contributed by atoms with Gasteiger partial charge < -0.3 is 33.6 Å². The van der Waals surface area contributed by atoms with Crippen molar-refractivity contribution in [3.63, 3.8) is 0 Å².